The number of rotatable bonds is 4. The second kappa shape index (κ2) is 7.38. The molecule has 0 saturated heterocycles. The number of carbonyl (C=O) groups excluding carboxylic acids is 2. The number of anilines is 1. The Kier molecular flexibility index (Phi) is 4.77. The summed E-state index contributed by atoms with van der Waals surface area (Å²) in [6.07, 6.45) is 3.40. The molecule has 4 rings (SSSR count). The normalized spacial score (nSPS) is 13.3. The van der Waals surface area contributed by atoms with Crippen LogP contribution in [0, 0.1) is 0 Å². The van der Waals surface area contributed by atoms with Crippen LogP contribution >= 0.6 is 0 Å². The number of hydrogen-bond donors (Lipinski definition) is 0. The van der Waals surface area contributed by atoms with Gasteiger partial charge in [-0.3, -0.25) is 4.79 Å². The van der Waals surface area contributed by atoms with Crippen molar-refractivity contribution in [3.63, 3.8) is 0 Å². The van der Waals surface area contributed by atoms with Gasteiger partial charge in [0.05, 0.1) is 32.5 Å². The van der Waals surface area contributed by atoms with Crippen molar-refractivity contribution in [2.45, 2.75) is 19.3 Å². The van der Waals surface area contributed by atoms with Crippen LogP contribution in [0.1, 0.15) is 27.9 Å². The summed E-state index contributed by atoms with van der Waals surface area (Å²) in [6, 6.07) is 11.0. The molecule has 2 aromatic carbocycles. The zero-order chi connectivity index (χ0) is 19.7. The van der Waals surface area contributed by atoms with Crippen LogP contribution in [-0.2, 0) is 22.4 Å². The molecule has 0 radical (unpaired) electrons. The van der Waals surface area contributed by atoms with Crippen LogP contribution in [0.3, 0.4) is 0 Å². The Balaban J connectivity index is 1.63. The Labute approximate surface area is 162 Å². The Morgan fingerprint density at radius 3 is 2.82 bits per heavy atom. The van der Waals surface area contributed by atoms with Gasteiger partial charge in [0.15, 0.2) is 0 Å². The van der Waals surface area contributed by atoms with Crippen molar-refractivity contribution < 1.29 is 23.5 Å². The van der Waals surface area contributed by atoms with Crippen molar-refractivity contribution >= 4 is 28.5 Å². The average molecular weight is 379 g/mol. The van der Waals surface area contributed by atoms with Crippen molar-refractivity contribution in [2.75, 3.05) is 25.7 Å². The molecule has 0 N–H and O–H groups in total. The molecule has 6 heteroatoms. The van der Waals surface area contributed by atoms with E-state index < -0.39 is 0 Å². The van der Waals surface area contributed by atoms with E-state index in [-0.39, 0.29) is 18.3 Å². The van der Waals surface area contributed by atoms with Gasteiger partial charge in [-0.05, 0) is 42.7 Å². The quantitative estimate of drug-likeness (QED) is 0.646. The molecule has 2 heterocycles. The number of fused-ring (bicyclic) bond motifs is 2. The van der Waals surface area contributed by atoms with Crippen LogP contribution in [0.5, 0.6) is 5.75 Å². The van der Waals surface area contributed by atoms with E-state index in [9.17, 15) is 9.59 Å². The van der Waals surface area contributed by atoms with Gasteiger partial charge in [0.25, 0.3) is 0 Å². The number of benzene rings is 2. The molecule has 1 aliphatic heterocycles. The van der Waals surface area contributed by atoms with Gasteiger partial charge >= 0.3 is 5.97 Å². The maximum atomic E-state index is 13.1. The lowest BCUT2D eigenvalue weighted by Gasteiger charge is -2.30. The fourth-order valence-electron chi connectivity index (χ4n) is 3.77. The lowest BCUT2D eigenvalue weighted by atomic mass is 9.95. The molecule has 0 atom stereocenters. The maximum Gasteiger partial charge on any atom is 0.338 e. The van der Waals surface area contributed by atoms with Crippen LogP contribution < -0.4 is 9.64 Å². The van der Waals surface area contributed by atoms with Crippen LogP contribution in [0.25, 0.3) is 11.0 Å². The third kappa shape index (κ3) is 3.11. The smallest absolute Gasteiger partial charge is 0.338 e. The molecule has 0 saturated carbocycles. The van der Waals surface area contributed by atoms with E-state index in [0.717, 1.165) is 35.0 Å². The average Bonchev–Trinajstić information content (AvgIpc) is 3.13. The number of esters is 1. The minimum atomic E-state index is -0.374. The Hall–Kier alpha value is -3.28. The topological polar surface area (TPSA) is 69.0 Å². The number of nitrogens with zero attached hydrogens (tertiary/aromatic N) is 1. The van der Waals surface area contributed by atoms with Crippen molar-refractivity contribution in [1.82, 2.24) is 0 Å². The predicted molar refractivity (Wildman–Crippen MR) is 105 cm³/mol. The molecule has 0 spiro atoms. The highest BCUT2D eigenvalue weighted by Gasteiger charge is 2.27. The van der Waals surface area contributed by atoms with Crippen LogP contribution in [0.15, 0.2) is 47.1 Å². The molecule has 144 valence electrons. The molecule has 0 aliphatic carbocycles. The van der Waals surface area contributed by atoms with E-state index in [1.807, 2.05) is 24.3 Å². The standard InChI is InChI=1S/C22H21NO5/c1-26-15-8-9-16-14(13-28-20(16)12-15)11-21(24)23-10-4-6-17-18(22(25)27-2)5-3-7-19(17)23/h3,5,7-9,12-13H,4,6,10-11H2,1-2H3. The Morgan fingerprint density at radius 2 is 2.04 bits per heavy atom. The summed E-state index contributed by atoms with van der Waals surface area (Å²) in [4.78, 5) is 26.9. The first kappa shape index (κ1) is 18.1. The fourth-order valence-corrected chi connectivity index (χ4v) is 3.77. The van der Waals surface area contributed by atoms with Crippen molar-refractivity contribution in [3.05, 3.63) is 59.4 Å². The molecule has 28 heavy (non-hydrogen) atoms. The summed E-state index contributed by atoms with van der Waals surface area (Å²) < 4.78 is 15.7. The number of ether oxygens (including phenoxy) is 2. The Morgan fingerprint density at radius 1 is 1.18 bits per heavy atom. The molecule has 0 unspecified atom stereocenters. The second-order valence-electron chi connectivity index (χ2n) is 6.74. The molecule has 3 aromatic rings. The van der Waals surface area contributed by atoms with Crippen LogP contribution in [0.2, 0.25) is 0 Å². The highest BCUT2D eigenvalue weighted by molar-refractivity contribution is 6.00. The maximum absolute atomic E-state index is 13.1. The molecule has 6 nitrogen and oxygen atoms in total. The third-order valence-electron chi connectivity index (χ3n) is 5.16. The van der Waals surface area contributed by atoms with Gasteiger partial charge in [-0.1, -0.05) is 6.07 Å². The van der Waals surface area contributed by atoms with Gasteiger partial charge in [0.1, 0.15) is 11.3 Å². The van der Waals surface area contributed by atoms with Crippen molar-refractivity contribution in [2.24, 2.45) is 0 Å². The monoisotopic (exact) mass is 379 g/mol. The zero-order valence-corrected chi connectivity index (χ0v) is 15.9. The van der Waals surface area contributed by atoms with Gasteiger partial charge < -0.3 is 18.8 Å². The zero-order valence-electron chi connectivity index (χ0n) is 15.9. The summed E-state index contributed by atoms with van der Waals surface area (Å²) in [6.45, 7) is 0.625. The minimum Gasteiger partial charge on any atom is -0.497 e. The fraction of sp³-hybridized carbons (Fsp3) is 0.273. The van der Waals surface area contributed by atoms with Crippen molar-refractivity contribution in [1.29, 1.82) is 0 Å². The summed E-state index contributed by atoms with van der Waals surface area (Å²) in [5.41, 5.74) is 3.70. The molecule has 0 bridgehead atoms. The van der Waals surface area contributed by atoms with E-state index in [2.05, 4.69) is 0 Å². The first-order valence-corrected chi connectivity index (χ1v) is 9.17. The summed E-state index contributed by atoms with van der Waals surface area (Å²) in [5, 5.41) is 0.898. The predicted octanol–water partition coefficient (Wildman–Crippen LogP) is 3.75. The summed E-state index contributed by atoms with van der Waals surface area (Å²) in [7, 11) is 2.97. The molecular formula is C22H21NO5. The number of carbonyl (C=O) groups is 2. The molecule has 1 amide bonds. The summed E-state index contributed by atoms with van der Waals surface area (Å²) in [5.74, 6) is 0.308. The van der Waals surface area contributed by atoms with Gasteiger partial charge in [-0.25, -0.2) is 4.79 Å². The van der Waals surface area contributed by atoms with E-state index in [1.54, 1.807) is 30.4 Å². The minimum absolute atomic E-state index is 0.0264. The number of amides is 1. The van der Waals surface area contributed by atoms with Gasteiger partial charge in [0, 0.05) is 29.2 Å². The molecule has 1 aromatic heterocycles. The van der Waals surface area contributed by atoms with Gasteiger partial charge in [-0.15, -0.1) is 0 Å². The molecular weight excluding hydrogens is 358 g/mol. The highest BCUT2D eigenvalue weighted by atomic mass is 16.5. The van der Waals surface area contributed by atoms with Gasteiger partial charge in [-0.2, -0.15) is 0 Å². The first-order chi connectivity index (χ1) is 13.6. The molecule has 0 fully saturated rings. The SMILES string of the molecule is COC(=O)c1cccc2c1CCCN2C(=O)Cc1coc2cc(OC)ccc12. The van der Waals surface area contributed by atoms with Crippen LogP contribution in [0.4, 0.5) is 5.69 Å². The third-order valence-corrected chi connectivity index (χ3v) is 5.16. The first-order valence-electron chi connectivity index (χ1n) is 9.17. The second-order valence-corrected chi connectivity index (χ2v) is 6.74. The van der Waals surface area contributed by atoms with Crippen LogP contribution in [-0.4, -0.2) is 32.6 Å². The highest BCUT2D eigenvalue weighted by Crippen LogP contribution is 2.32. The van der Waals surface area contributed by atoms with E-state index >= 15 is 0 Å². The van der Waals surface area contributed by atoms with E-state index in [4.69, 9.17) is 13.9 Å². The van der Waals surface area contributed by atoms with E-state index in [0.29, 0.717) is 23.4 Å². The number of hydrogen-bond acceptors (Lipinski definition) is 5. The number of furan rings is 1. The molecule has 1 aliphatic rings. The van der Waals surface area contributed by atoms with E-state index in [1.165, 1.54) is 7.11 Å². The van der Waals surface area contributed by atoms with Crippen molar-refractivity contribution in [3.8, 4) is 5.75 Å². The lowest BCUT2D eigenvalue weighted by molar-refractivity contribution is -0.118. The summed E-state index contributed by atoms with van der Waals surface area (Å²) >= 11 is 0. The Bertz CT molecular complexity index is 1050. The lowest BCUT2D eigenvalue weighted by Crippen LogP contribution is -2.37. The largest absolute Gasteiger partial charge is 0.497 e. The van der Waals surface area contributed by atoms with Gasteiger partial charge in [0.2, 0.25) is 5.91 Å². The number of methoxy groups -OCH3 is 2.